The van der Waals surface area contributed by atoms with Crippen LogP contribution >= 0.6 is 0 Å². The Hall–Kier alpha value is -1.13. The zero-order chi connectivity index (χ0) is 32.2. The summed E-state index contributed by atoms with van der Waals surface area (Å²) in [7, 11) is 0. The van der Waals surface area contributed by atoms with E-state index < -0.39 is 0 Å². The van der Waals surface area contributed by atoms with Crippen LogP contribution in [0.15, 0.2) is 24.3 Å². The Bertz CT molecular complexity index is 632. The third-order valence-electron chi connectivity index (χ3n) is 8.73. The highest BCUT2D eigenvalue weighted by Crippen LogP contribution is 2.18. The van der Waals surface area contributed by atoms with Crippen LogP contribution in [0.3, 0.4) is 0 Å². The maximum atomic E-state index is 12.5. The average Bonchev–Trinajstić information content (AvgIpc) is 3.02. The number of hydrogen-bond donors (Lipinski definition) is 1. The van der Waals surface area contributed by atoms with Crippen LogP contribution in [0.4, 0.5) is 0 Å². The van der Waals surface area contributed by atoms with Gasteiger partial charge in [-0.05, 0) is 83.7 Å². The SMILES string of the molecule is CCC/C=C\C/C=C\CCCCCCCCN(CCO)CCCCCCCC(=O)OC(CCCCCC)CCCCCCC. The molecule has 0 rings (SSSR count). The molecule has 0 aromatic carbocycles. The number of carbonyl (C=O) groups is 1. The molecule has 44 heavy (non-hydrogen) atoms. The van der Waals surface area contributed by atoms with E-state index in [-0.39, 0.29) is 18.7 Å². The molecule has 0 amide bonds. The molecule has 4 nitrogen and oxygen atoms in total. The highest BCUT2D eigenvalue weighted by molar-refractivity contribution is 5.69. The fraction of sp³-hybridized carbons (Fsp3) is 0.875. The molecule has 0 saturated carbocycles. The lowest BCUT2D eigenvalue weighted by Gasteiger charge is -2.21. The van der Waals surface area contributed by atoms with Gasteiger partial charge in [-0.3, -0.25) is 4.79 Å². The van der Waals surface area contributed by atoms with E-state index in [1.807, 2.05) is 0 Å². The van der Waals surface area contributed by atoms with Crippen LogP contribution < -0.4 is 0 Å². The van der Waals surface area contributed by atoms with Crippen LogP contribution in [0.2, 0.25) is 0 Å². The molecule has 1 N–H and O–H groups in total. The van der Waals surface area contributed by atoms with Crippen molar-refractivity contribution in [3.8, 4) is 0 Å². The molecule has 1 atom stereocenters. The molecule has 0 aliphatic heterocycles. The van der Waals surface area contributed by atoms with Gasteiger partial charge < -0.3 is 14.7 Å². The number of carbonyl (C=O) groups excluding carboxylic acids is 1. The van der Waals surface area contributed by atoms with Gasteiger partial charge >= 0.3 is 5.97 Å². The second-order valence-corrected chi connectivity index (χ2v) is 13.1. The molecule has 1 unspecified atom stereocenters. The maximum Gasteiger partial charge on any atom is 0.306 e. The third-order valence-corrected chi connectivity index (χ3v) is 8.73. The Labute approximate surface area is 275 Å². The first-order valence-corrected chi connectivity index (χ1v) is 19.5. The number of rotatable bonds is 35. The van der Waals surface area contributed by atoms with Gasteiger partial charge in [-0.2, -0.15) is 0 Å². The number of hydrogen-bond acceptors (Lipinski definition) is 4. The van der Waals surface area contributed by atoms with Gasteiger partial charge in [0.2, 0.25) is 0 Å². The van der Waals surface area contributed by atoms with Crippen LogP contribution in [0.1, 0.15) is 194 Å². The number of esters is 1. The van der Waals surface area contributed by atoms with Gasteiger partial charge in [0, 0.05) is 13.0 Å². The largest absolute Gasteiger partial charge is 0.462 e. The van der Waals surface area contributed by atoms with Crippen molar-refractivity contribution in [1.29, 1.82) is 0 Å². The van der Waals surface area contributed by atoms with Gasteiger partial charge in [0.25, 0.3) is 0 Å². The minimum absolute atomic E-state index is 0.0239. The summed E-state index contributed by atoms with van der Waals surface area (Å²) in [4.78, 5) is 15.0. The second-order valence-electron chi connectivity index (χ2n) is 13.1. The quantitative estimate of drug-likeness (QED) is 0.0435. The minimum atomic E-state index is 0.0239. The minimum Gasteiger partial charge on any atom is -0.462 e. The highest BCUT2D eigenvalue weighted by Gasteiger charge is 2.14. The smallest absolute Gasteiger partial charge is 0.306 e. The van der Waals surface area contributed by atoms with E-state index in [0.717, 1.165) is 51.7 Å². The van der Waals surface area contributed by atoms with Crippen LogP contribution in [-0.2, 0) is 9.53 Å². The van der Waals surface area contributed by atoms with Gasteiger partial charge in [0.15, 0.2) is 0 Å². The fourth-order valence-corrected chi connectivity index (χ4v) is 5.87. The molecule has 0 aliphatic rings. The topological polar surface area (TPSA) is 49.8 Å². The second kappa shape index (κ2) is 36.3. The first kappa shape index (κ1) is 42.9. The Kier molecular flexibility index (Phi) is 35.4. The Morgan fingerprint density at radius 2 is 1.07 bits per heavy atom. The van der Waals surface area contributed by atoms with Crippen molar-refractivity contribution >= 4 is 5.97 Å². The van der Waals surface area contributed by atoms with Crippen molar-refractivity contribution in [3.05, 3.63) is 24.3 Å². The summed E-state index contributed by atoms with van der Waals surface area (Å²) >= 11 is 0. The molecule has 0 aromatic heterocycles. The zero-order valence-corrected chi connectivity index (χ0v) is 30.0. The number of aliphatic hydroxyl groups excluding tert-OH is 1. The lowest BCUT2D eigenvalue weighted by atomic mass is 10.0. The molecule has 4 heteroatoms. The van der Waals surface area contributed by atoms with E-state index in [1.54, 1.807) is 0 Å². The third kappa shape index (κ3) is 32.3. The van der Waals surface area contributed by atoms with Crippen LogP contribution in [0, 0.1) is 0 Å². The Morgan fingerprint density at radius 1 is 0.568 bits per heavy atom. The fourth-order valence-electron chi connectivity index (χ4n) is 5.87. The van der Waals surface area contributed by atoms with Gasteiger partial charge in [-0.25, -0.2) is 0 Å². The molecule has 0 saturated heterocycles. The summed E-state index contributed by atoms with van der Waals surface area (Å²) in [6.07, 6.45) is 41.6. The van der Waals surface area contributed by atoms with Crippen molar-refractivity contribution in [3.63, 3.8) is 0 Å². The van der Waals surface area contributed by atoms with Gasteiger partial charge in [-0.1, -0.05) is 141 Å². The standard InChI is InChI=1S/C40H77NO3/c1-4-7-10-13-14-15-16-17-18-19-20-21-25-30-35-41(37-38-42)36-31-26-22-24-29-34-40(43)44-39(32-27-12-9-6-3)33-28-23-11-8-5-2/h10,13,15-16,39,42H,4-9,11-12,14,17-38H2,1-3H3/b13-10-,16-15-. The summed E-state index contributed by atoms with van der Waals surface area (Å²) in [6.45, 7) is 9.96. The molecule has 0 heterocycles. The van der Waals surface area contributed by atoms with Gasteiger partial charge in [0.1, 0.15) is 6.10 Å². The van der Waals surface area contributed by atoms with Crippen LogP contribution in [0.25, 0.3) is 0 Å². The monoisotopic (exact) mass is 620 g/mol. The van der Waals surface area contributed by atoms with E-state index in [4.69, 9.17) is 4.74 Å². The molecule has 0 aromatic rings. The lowest BCUT2D eigenvalue weighted by molar-refractivity contribution is -0.150. The van der Waals surface area contributed by atoms with Gasteiger partial charge in [0.05, 0.1) is 6.61 Å². The predicted octanol–water partition coefficient (Wildman–Crippen LogP) is 11.9. The first-order valence-electron chi connectivity index (χ1n) is 19.5. The first-order chi connectivity index (χ1) is 21.7. The molecule has 0 spiro atoms. The molecule has 0 fully saturated rings. The van der Waals surface area contributed by atoms with Crippen LogP contribution in [0.5, 0.6) is 0 Å². The number of aliphatic hydroxyl groups is 1. The van der Waals surface area contributed by atoms with Crippen molar-refractivity contribution in [2.75, 3.05) is 26.2 Å². The Balaban J connectivity index is 3.88. The summed E-state index contributed by atoms with van der Waals surface area (Å²) in [6, 6.07) is 0. The normalized spacial score (nSPS) is 12.7. The van der Waals surface area contributed by atoms with Crippen molar-refractivity contribution < 1.29 is 14.6 Å². The number of ether oxygens (including phenoxy) is 1. The lowest BCUT2D eigenvalue weighted by Crippen LogP contribution is -2.29. The van der Waals surface area contributed by atoms with E-state index in [1.165, 1.54) is 135 Å². The number of unbranched alkanes of at least 4 members (excludes halogenated alkanes) is 18. The summed E-state index contributed by atoms with van der Waals surface area (Å²) in [5, 5.41) is 9.50. The summed E-state index contributed by atoms with van der Waals surface area (Å²) in [5.74, 6) is 0.0239. The molecule has 260 valence electrons. The highest BCUT2D eigenvalue weighted by atomic mass is 16.5. The van der Waals surface area contributed by atoms with E-state index in [0.29, 0.717) is 6.42 Å². The average molecular weight is 620 g/mol. The van der Waals surface area contributed by atoms with Crippen molar-refractivity contribution in [2.45, 2.75) is 200 Å². The van der Waals surface area contributed by atoms with Crippen molar-refractivity contribution in [2.24, 2.45) is 0 Å². The van der Waals surface area contributed by atoms with Crippen LogP contribution in [-0.4, -0.2) is 48.3 Å². The Morgan fingerprint density at radius 3 is 1.66 bits per heavy atom. The molecule has 0 radical (unpaired) electrons. The van der Waals surface area contributed by atoms with Gasteiger partial charge in [-0.15, -0.1) is 0 Å². The number of allylic oxidation sites excluding steroid dienone is 4. The summed E-state index contributed by atoms with van der Waals surface area (Å²) < 4.78 is 5.95. The molecular weight excluding hydrogens is 542 g/mol. The number of nitrogens with zero attached hydrogens (tertiary/aromatic N) is 1. The maximum absolute atomic E-state index is 12.5. The predicted molar refractivity (Wildman–Crippen MR) is 193 cm³/mol. The van der Waals surface area contributed by atoms with E-state index in [2.05, 4.69) is 50.0 Å². The van der Waals surface area contributed by atoms with Crippen molar-refractivity contribution in [1.82, 2.24) is 4.90 Å². The zero-order valence-electron chi connectivity index (χ0n) is 30.0. The molecule has 0 bridgehead atoms. The molecular formula is C40H77NO3. The van der Waals surface area contributed by atoms with E-state index in [9.17, 15) is 9.90 Å². The molecule has 0 aliphatic carbocycles. The van der Waals surface area contributed by atoms with E-state index >= 15 is 0 Å². The summed E-state index contributed by atoms with van der Waals surface area (Å²) in [5.41, 5.74) is 0.